The molecule has 3 rings (SSSR count). The zero-order chi connectivity index (χ0) is 21.0. The minimum absolute atomic E-state index is 0.105. The number of carbonyl (C=O) groups excluding carboxylic acids is 1. The fourth-order valence-electron chi connectivity index (χ4n) is 4.23. The van der Waals surface area contributed by atoms with Gasteiger partial charge in [-0.2, -0.15) is 0 Å². The molecule has 1 saturated heterocycles. The van der Waals surface area contributed by atoms with Gasteiger partial charge in [-0.25, -0.2) is 13.4 Å². The minimum Gasteiger partial charge on any atom is -0.337 e. The third kappa shape index (κ3) is 5.04. The summed E-state index contributed by atoms with van der Waals surface area (Å²) < 4.78 is 26.0. The van der Waals surface area contributed by atoms with E-state index in [-0.39, 0.29) is 11.7 Å². The van der Waals surface area contributed by atoms with Gasteiger partial charge in [0, 0.05) is 13.1 Å². The van der Waals surface area contributed by atoms with Crippen LogP contribution in [-0.2, 0) is 15.6 Å². The third-order valence-corrected chi connectivity index (χ3v) is 7.62. The van der Waals surface area contributed by atoms with E-state index in [4.69, 9.17) is 0 Å². The molecule has 5 nitrogen and oxygen atoms in total. The first kappa shape index (κ1) is 21.5. The topological polar surface area (TPSA) is 67.3 Å². The minimum atomic E-state index is -3.54. The molecule has 2 heterocycles. The molecule has 1 aromatic heterocycles. The number of carbonyl (C=O) groups is 1. The molecule has 6 heteroatoms. The van der Waals surface area contributed by atoms with Gasteiger partial charge in [-0.1, -0.05) is 44.0 Å². The maximum absolute atomic E-state index is 13.0. The van der Waals surface area contributed by atoms with Crippen LogP contribution in [0, 0.1) is 19.8 Å². The van der Waals surface area contributed by atoms with Crippen molar-refractivity contribution < 1.29 is 13.2 Å². The number of rotatable bonds is 6. The molecule has 0 atom stereocenters. The summed E-state index contributed by atoms with van der Waals surface area (Å²) in [7, 11) is -3.54. The number of sulfone groups is 1. The van der Waals surface area contributed by atoms with Gasteiger partial charge in [0.2, 0.25) is 0 Å². The fourth-order valence-corrected chi connectivity index (χ4v) is 6.04. The van der Waals surface area contributed by atoms with Crippen LogP contribution in [-0.4, -0.2) is 37.3 Å². The molecule has 156 valence electrons. The van der Waals surface area contributed by atoms with E-state index in [0.717, 1.165) is 37.1 Å². The molecular weight excluding hydrogens is 384 g/mol. The predicted molar refractivity (Wildman–Crippen MR) is 115 cm³/mol. The number of aryl methyl sites for hydroxylation is 2. The molecule has 2 aromatic rings. The summed E-state index contributed by atoms with van der Waals surface area (Å²) in [6.07, 6.45) is 4.45. The van der Waals surface area contributed by atoms with Gasteiger partial charge in [-0.15, -0.1) is 0 Å². The molecule has 0 unspecified atom stereocenters. The zero-order valence-corrected chi connectivity index (χ0v) is 18.3. The summed E-state index contributed by atoms with van der Waals surface area (Å²) in [5.41, 5.74) is 2.19. The Morgan fingerprint density at radius 2 is 1.69 bits per heavy atom. The van der Waals surface area contributed by atoms with Gasteiger partial charge in [-0.05, 0) is 55.9 Å². The highest BCUT2D eigenvalue weighted by Gasteiger charge is 2.25. The van der Waals surface area contributed by atoms with Crippen molar-refractivity contribution >= 4 is 15.7 Å². The Morgan fingerprint density at radius 1 is 1.07 bits per heavy atom. The lowest BCUT2D eigenvalue weighted by Crippen LogP contribution is -2.38. The summed E-state index contributed by atoms with van der Waals surface area (Å²) in [4.78, 5) is 19.5. The van der Waals surface area contributed by atoms with Gasteiger partial charge >= 0.3 is 0 Å². The summed E-state index contributed by atoms with van der Waals surface area (Å²) in [5, 5.41) is 0. The summed E-state index contributed by atoms with van der Waals surface area (Å²) in [6, 6.07) is 10.5. The summed E-state index contributed by atoms with van der Waals surface area (Å²) in [5.74, 6) is 0.385. The molecule has 1 aliphatic rings. The number of aromatic nitrogens is 1. The highest BCUT2D eigenvalue weighted by Crippen LogP contribution is 2.25. The van der Waals surface area contributed by atoms with E-state index in [1.54, 1.807) is 44.2 Å². The van der Waals surface area contributed by atoms with Gasteiger partial charge in [-0.3, -0.25) is 4.79 Å². The van der Waals surface area contributed by atoms with Crippen LogP contribution >= 0.6 is 0 Å². The quantitative estimate of drug-likeness (QED) is 0.706. The van der Waals surface area contributed by atoms with Crippen molar-refractivity contribution in [3.63, 3.8) is 0 Å². The average Bonchev–Trinajstić information content (AvgIpc) is 2.68. The molecule has 0 N–H and O–H groups in total. The van der Waals surface area contributed by atoms with Crippen LogP contribution in [0.25, 0.3) is 0 Å². The number of hydrogen-bond acceptors (Lipinski definition) is 4. The number of nitrogens with zero attached hydrogens (tertiary/aromatic N) is 2. The lowest BCUT2D eigenvalue weighted by Gasteiger charge is -2.31. The molecule has 0 aliphatic carbocycles. The second kappa shape index (κ2) is 9.08. The van der Waals surface area contributed by atoms with Crippen molar-refractivity contribution in [2.45, 2.75) is 57.1 Å². The molecule has 0 radical (unpaired) electrons. The Morgan fingerprint density at radius 3 is 2.31 bits per heavy atom. The molecule has 29 heavy (non-hydrogen) atoms. The first-order valence-corrected chi connectivity index (χ1v) is 12.0. The molecule has 0 saturated carbocycles. The zero-order valence-electron chi connectivity index (χ0n) is 17.5. The van der Waals surface area contributed by atoms with Gasteiger partial charge < -0.3 is 4.90 Å². The van der Waals surface area contributed by atoms with Crippen LogP contribution in [0.5, 0.6) is 0 Å². The van der Waals surface area contributed by atoms with Gasteiger partial charge in [0.1, 0.15) is 5.69 Å². The van der Waals surface area contributed by atoms with E-state index in [9.17, 15) is 13.2 Å². The molecule has 1 amide bonds. The molecule has 1 aromatic carbocycles. The average molecular weight is 415 g/mol. The number of benzene rings is 1. The van der Waals surface area contributed by atoms with E-state index in [2.05, 4.69) is 11.9 Å². The monoisotopic (exact) mass is 414 g/mol. The normalized spacial score (nSPS) is 15.5. The van der Waals surface area contributed by atoms with Crippen molar-refractivity contribution in [3.8, 4) is 0 Å². The largest absolute Gasteiger partial charge is 0.337 e. The van der Waals surface area contributed by atoms with E-state index < -0.39 is 9.84 Å². The third-order valence-electron chi connectivity index (χ3n) is 5.68. The van der Waals surface area contributed by atoms with Gasteiger partial charge in [0.25, 0.3) is 5.91 Å². The number of pyridine rings is 1. The molecule has 0 bridgehead atoms. The summed E-state index contributed by atoms with van der Waals surface area (Å²) in [6.45, 7) is 7.29. The van der Waals surface area contributed by atoms with Gasteiger partial charge in [0.05, 0.1) is 16.3 Å². The number of amides is 1. The second-order valence-corrected chi connectivity index (χ2v) is 9.94. The van der Waals surface area contributed by atoms with Crippen LogP contribution < -0.4 is 0 Å². The van der Waals surface area contributed by atoms with Crippen LogP contribution in [0.3, 0.4) is 0 Å². The Hall–Kier alpha value is -2.21. The van der Waals surface area contributed by atoms with Crippen LogP contribution in [0.4, 0.5) is 0 Å². The lowest BCUT2D eigenvalue weighted by molar-refractivity contribution is 0.0680. The number of likely N-dealkylation sites (tertiary alicyclic amines) is 1. The molecule has 1 aliphatic heterocycles. The Balaban J connectivity index is 1.75. The SMILES string of the molecule is CCCC1CCN(C(=O)c2cccc(CS(=O)(=O)c3c(C)cccc3C)n2)CC1. The maximum Gasteiger partial charge on any atom is 0.272 e. The summed E-state index contributed by atoms with van der Waals surface area (Å²) >= 11 is 0. The van der Waals surface area contributed by atoms with E-state index in [1.807, 2.05) is 11.0 Å². The van der Waals surface area contributed by atoms with Crippen LogP contribution in [0.2, 0.25) is 0 Å². The van der Waals surface area contributed by atoms with Crippen molar-refractivity contribution in [1.29, 1.82) is 0 Å². The Kier molecular flexibility index (Phi) is 6.73. The van der Waals surface area contributed by atoms with Crippen LogP contribution in [0.1, 0.15) is 59.9 Å². The van der Waals surface area contributed by atoms with Crippen molar-refractivity contribution in [2.75, 3.05) is 13.1 Å². The van der Waals surface area contributed by atoms with E-state index >= 15 is 0 Å². The molecule has 0 spiro atoms. The first-order chi connectivity index (χ1) is 13.8. The van der Waals surface area contributed by atoms with E-state index in [0.29, 0.717) is 22.2 Å². The highest BCUT2D eigenvalue weighted by atomic mass is 32.2. The second-order valence-electron chi connectivity index (χ2n) is 8.02. The molecular formula is C23H30N2O3S. The Labute approximate surface area is 174 Å². The van der Waals surface area contributed by atoms with Crippen molar-refractivity contribution in [3.05, 3.63) is 58.9 Å². The van der Waals surface area contributed by atoms with E-state index in [1.165, 1.54) is 12.8 Å². The predicted octanol–water partition coefficient (Wildman–Crippen LogP) is 4.32. The Bertz CT molecular complexity index is 957. The highest BCUT2D eigenvalue weighted by molar-refractivity contribution is 7.90. The lowest BCUT2D eigenvalue weighted by atomic mass is 9.92. The van der Waals surface area contributed by atoms with Crippen molar-refractivity contribution in [2.24, 2.45) is 5.92 Å². The maximum atomic E-state index is 13.0. The van der Waals surface area contributed by atoms with Crippen molar-refractivity contribution in [1.82, 2.24) is 9.88 Å². The standard InChI is InChI=1S/C23H30N2O3S/c1-4-7-19-12-14-25(15-13-19)23(26)21-11-6-10-20(24-21)16-29(27,28)22-17(2)8-5-9-18(22)3/h5-6,8-11,19H,4,7,12-16H2,1-3H3. The first-order valence-electron chi connectivity index (χ1n) is 10.4. The molecule has 1 fully saturated rings. The van der Waals surface area contributed by atoms with Gasteiger partial charge in [0.15, 0.2) is 9.84 Å². The number of piperidine rings is 1. The number of hydrogen-bond donors (Lipinski definition) is 0. The smallest absolute Gasteiger partial charge is 0.272 e. The fraction of sp³-hybridized carbons (Fsp3) is 0.478. The van der Waals surface area contributed by atoms with Crippen LogP contribution in [0.15, 0.2) is 41.3 Å².